The number of benzene rings is 1. The van der Waals surface area contributed by atoms with Gasteiger partial charge in [-0.15, -0.1) is 0 Å². The first-order chi connectivity index (χ1) is 5.74. The van der Waals surface area contributed by atoms with Crippen LogP contribution in [0.15, 0.2) is 22.7 Å². The molecule has 0 amide bonds. The topological polar surface area (TPSA) is 0 Å². The third-order valence-corrected chi connectivity index (χ3v) is 3.38. The van der Waals surface area contributed by atoms with Crippen molar-refractivity contribution in [3.8, 4) is 0 Å². The van der Waals surface area contributed by atoms with Crippen LogP contribution in [0.5, 0.6) is 0 Å². The van der Waals surface area contributed by atoms with Gasteiger partial charge in [-0.25, -0.2) is 0 Å². The molecule has 66 valence electrons. The molecule has 12 heavy (non-hydrogen) atoms. The minimum Gasteiger partial charge on any atom is -0.0928 e. The number of rotatable bonds is 3. The fraction of sp³-hybridized carbons (Fsp3) is 0.333. The van der Waals surface area contributed by atoms with Crippen molar-refractivity contribution in [3.05, 3.63) is 33.3 Å². The Hall–Kier alpha value is 0.470. The van der Waals surface area contributed by atoms with Crippen LogP contribution in [0.3, 0.4) is 0 Å². The summed E-state index contributed by atoms with van der Waals surface area (Å²) < 4.78 is 0.965. The molecular formula is C9H9Br2Cl. The molecule has 0 radical (unpaired) electrons. The third kappa shape index (κ3) is 3.08. The minimum absolute atomic E-state index is 0.794. The van der Waals surface area contributed by atoms with Crippen molar-refractivity contribution in [3.63, 3.8) is 0 Å². The quantitative estimate of drug-likeness (QED) is 0.724. The highest BCUT2D eigenvalue weighted by atomic mass is 79.9. The molecule has 1 rings (SSSR count). The Balaban J connectivity index is 2.69. The minimum atomic E-state index is 0.794. The SMILES string of the molecule is Clc1cc(CCCBr)ccc1Br. The third-order valence-electron chi connectivity index (χ3n) is 1.58. The van der Waals surface area contributed by atoms with Gasteiger partial charge >= 0.3 is 0 Å². The first-order valence-corrected chi connectivity index (χ1v) is 6.03. The Labute approximate surface area is 94.6 Å². The van der Waals surface area contributed by atoms with Gasteiger partial charge in [-0.2, -0.15) is 0 Å². The highest BCUT2D eigenvalue weighted by molar-refractivity contribution is 9.10. The summed E-state index contributed by atoms with van der Waals surface area (Å²) in [5.74, 6) is 0. The molecule has 0 nitrogen and oxygen atoms in total. The largest absolute Gasteiger partial charge is 0.0928 e. The molecule has 0 saturated heterocycles. The van der Waals surface area contributed by atoms with Crippen molar-refractivity contribution in [2.75, 3.05) is 5.33 Å². The molecule has 0 atom stereocenters. The van der Waals surface area contributed by atoms with Gasteiger partial charge in [-0.3, -0.25) is 0 Å². The van der Waals surface area contributed by atoms with E-state index in [1.165, 1.54) is 5.56 Å². The summed E-state index contributed by atoms with van der Waals surface area (Å²) in [4.78, 5) is 0. The molecule has 0 fully saturated rings. The molecule has 0 spiro atoms. The van der Waals surface area contributed by atoms with E-state index < -0.39 is 0 Å². The molecule has 0 saturated carbocycles. The Morgan fingerprint density at radius 3 is 2.67 bits per heavy atom. The van der Waals surface area contributed by atoms with Crippen LogP contribution in [0.1, 0.15) is 12.0 Å². The molecule has 1 aromatic carbocycles. The van der Waals surface area contributed by atoms with Gasteiger partial charge in [0.2, 0.25) is 0 Å². The fourth-order valence-electron chi connectivity index (χ4n) is 0.966. The fourth-order valence-corrected chi connectivity index (χ4v) is 1.70. The van der Waals surface area contributed by atoms with Gasteiger partial charge in [0.15, 0.2) is 0 Å². The van der Waals surface area contributed by atoms with Gasteiger partial charge in [0.05, 0.1) is 5.02 Å². The Morgan fingerprint density at radius 1 is 1.33 bits per heavy atom. The lowest BCUT2D eigenvalue weighted by Gasteiger charge is -2.01. The van der Waals surface area contributed by atoms with Crippen LogP contribution in [-0.4, -0.2) is 5.33 Å². The normalized spacial score (nSPS) is 10.2. The lowest BCUT2D eigenvalue weighted by Crippen LogP contribution is -1.85. The van der Waals surface area contributed by atoms with E-state index in [-0.39, 0.29) is 0 Å². The lowest BCUT2D eigenvalue weighted by atomic mass is 10.1. The van der Waals surface area contributed by atoms with Crippen molar-refractivity contribution in [2.45, 2.75) is 12.8 Å². The van der Waals surface area contributed by atoms with Crippen LogP contribution in [-0.2, 0) is 6.42 Å². The first-order valence-electron chi connectivity index (χ1n) is 3.74. The highest BCUT2D eigenvalue weighted by Crippen LogP contribution is 2.23. The second-order valence-electron chi connectivity index (χ2n) is 2.54. The monoisotopic (exact) mass is 310 g/mol. The summed E-state index contributed by atoms with van der Waals surface area (Å²) in [6, 6.07) is 6.10. The van der Waals surface area contributed by atoms with Crippen molar-refractivity contribution < 1.29 is 0 Å². The van der Waals surface area contributed by atoms with E-state index >= 15 is 0 Å². The molecule has 0 N–H and O–H groups in total. The van der Waals surface area contributed by atoms with Crippen LogP contribution in [0.4, 0.5) is 0 Å². The van der Waals surface area contributed by atoms with Gasteiger partial charge in [0, 0.05) is 9.80 Å². The van der Waals surface area contributed by atoms with Crippen LogP contribution >= 0.6 is 43.5 Å². The summed E-state index contributed by atoms with van der Waals surface area (Å²) in [7, 11) is 0. The van der Waals surface area contributed by atoms with Crippen molar-refractivity contribution in [1.29, 1.82) is 0 Å². The summed E-state index contributed by atoms with van der Waals surface area (Å²) in [5.41, 5.74) is 1.29. The molecule has 0 aliphatic heterocycles. The summed E-state index contributed by atoms with van der Waals surface area (Å²) in [5, 5.41) is 1.84. The van der Waals surface area contributed by atoms with E-state index in [4.69, 9.17) is 11.6 Å². The molecule has 0 bridgehead atoms. The molecule has 0 unspecified atom stereocenters. The summed E-state index contributed by atoms with van der Waals surface area (Å²) in [6.45, 7) is 0. The summed E-state index contributed by atoms with van der Waals surface area (Å²) in [6.07, 6.45) is 2.23. The second-order valence-corrected chi connectivity index (χ2v) is 4.60. The molecule has 0 heterocycles. The maximum Gasteiger partial charge on any atom is 0.0550 e. The van der Waals surface area contributed by atoms with Gasteiger partial charge in [-0.1, -0.05) is 33.6 Å². The smallest absolute Gasteiger partial charge is 0.0550 e. The first kappa shape index (κ1) is 10.6. The van der Waals surface area contributed by atoms with E-state index in [1.54, 1.807) is 0 Å². The zero-order valence-electron chi connectivity index (χ0n) is 6.49. The maximum absolute atomic E-state index is 5.93. The van der Waals surface area contributed by atoms with E-state index in [1.807, 2.05) is 12.1 Å². The summed E-state index contributed by atoms with van der Waals surface area (Å²) >= 11 is 12.7. The van der Waals surface area contributed by atoms with Crippen LogP contribution in [0, 0.1) is 0 Å². The second kappa shape index (κ2) is 5.25. The Kier molecular flexibility index (Phi) is 4.62. The van der Waals surface area contributed by atoms with Crippen LogP contribution in [0.25, 0.3) is 0 Å². The van der Waals surface area contributed by atoms with Gasteiger partial charge < -0.3 is 0 Å². The molecule has 0 aliphatic carbocycles. The van der Waals surface area contributed by atoms with Gasteiger partial charge in [0.1, 0.15) is 0 Å². The van der Waals surface area contributed by atoms with Crippen molar-refractivity contribution in [1.82, 2.24) is 0 Å². The lowest BCUT2D eigenvalue weighted by molar-refractivity contribution is 0.939. The van der Waals surface area contributed by atoms with Crippen LogP contribution < -0.4 is 0 Å². The molecule has 1 aromatic rings. The van der Waals surface area contributed by atoms with Crippen LogP contribution in [0.2, 0.25) is 5.02 Å². The number of aryl methyl sites for hydroxylation is 1. The average molecular weight is 312 g/mol. The number of halogens is 3. The van der Waals surface area contributed by atoms with Crippen molar-refractivity contribution in [2.24, 2.45) is 0 Å². The van der Waals surface area contributed by atoms with Gasteiger partial charge in [0.25, 0.3) is 0 Å². The zero-order chi connectivity index (χ0) is 8.97. The number of alkyl halides is 1. The van der Waals surface area contributed by atoms with E-state index in [2.05, 4.69) is 37.9 Å². The predicted molar refractivity (Wildman–Crippen MR) is 61.3 cm³/mol. The average Bonchev–Trinajstić information content (AvgIpc) is 2.07. The Bertz CT molecular complexity index is 261. The standard InChI is InChI=1S/C9H9Br2Cl/c10-5-1-2-7-3-4-8(11)9(12)6-7/h3-4,6H,1-2,5H2. The van der Waals surface area contributed by atoms with Crippen molar-refractivity contribution >= 4 is 43.5 Å². The zero-order valence-corrected chi connectivity index (χ0v) is 10.4. The Morgan fingerprint density at radius 2 is 2.08 bits per heavy atom. The number of hydrogen-bond acceptors (Lipinski definition) is 0. The maximum atomic E-state index is 5.93. The molecule has 0 aromatic heterocycles. The van der Waals surface area contributed by atoms with E-state index in [9.17, 15) is 0 Å². The number of hydrogen-bond donors (Lipinski definition) is 0. The van der Waals surface area contributed by atoms with Gasteiger partial charge in [-0.05, 0) is 46.5 Å². The molecule has 3 heteroatoms. The van der Waals surface area contributed by atoms with E-state index in [0.717, 1.165) is 27.7 Å². The predicted octanol–water partition coefficient (Wildman–Crippen LogP) is 4.43. The molecular weight excluding hydrogens is 303 g/mol. The highest BCUT2D eigenvalue weighted by Gasteiger charge is 1.98. The van der Waals surface area contributed by atoms with E-state index in [0.29, 0.717) is 0 Å². The molecule has 0 aliphatic rings.